The number of para-hydroxylation sites is 1. The Morgan fingerprint density at radius 1 is 1.26 bits per heavy atom. The van der Waals surface area contributed by atoms with Crippen LogP contribution in [0.15, 0.2) is 36.5 Å². The van der Waals surface area contributed by atoms with E-state index in [0.29, 0.717) is 6.54 Å². The molecule has 1 aliphatic carbocycles. The lowest BCUT2D eigenvalue weighted by molar-refractivity contribution is 0.207. The maximum absolute atomic E-state index is 9.23. The van der Waals surface area contributed by atoms with Crippen LogP contribution in [0.2, 0.25) is 0 Å². The average Bonchev–Trinajstić information content (AvgIpc) is 3.09. The maximum Gasteiger partial charge on any atom is 0.0969 e. The molecule has 19 heavy (non-hydrogen) atoms. The van der Waals surface area contributed by atoms with E-state index in [4.69, 9.17) is 0 Å². The van der Waals surface area contributed by atoms with Crippen molar-refractivity contribution < 1.29 is 5.11 Å². The largest absolute Gasteiger partial charge is 0.396 e. The van der Waals surface area contributed by atoms with E-state index in [1.54, 1.807) is 11.0 Å². The van der Waals surface area contributed by atoms with Gasteiger partial charge >= 0.3 is 0 Å². The fraction of sp³-hybridized carbons (Fsp3) is 0.429. The fourth-order valence-corrected chi connectivity index (χ4v) is 2.08. The van der Waals surface area contributed by atoms with Crippen molar-refractivity contribution in [3.05, 3.63) is 42.2 Å². The molecule has 0 amide bonds. The van der Waals surface area contributed by atoms with Crippen LogP contribution in [0.3, 0.4) is 0 Å². The van der Waals surface area contributed by atoms with E-state index in [-0.39, 0.29) is 12.0 Å². The van der Waals surface area contributed by atoms with Crippen LogP contribution in [0.1, 0.15) is 18.5 Å². The first-order chi connectivity index (χ1) is 9.31. The van der Waals surface area contributed by atoms with Gasteiger partial charge in [-0.05, 0) is 25.0 Å². The Morgan fingerprint density at radius 2 is 2.05 bits per heavy atom. The maximum atomic E-state index is 9.23. The van der Waals surface area contributed by atoms with Crippen molar-refractivity contribution in [1.82, 2.24) is 20.3 Å². The van der Waals surface area contributed by atoms with Crippen LogP contribution in [-0.4, -0.2) is 33.3 Å². The lowest BCUT2D eigenvalue weighted by Crippen LogP contribution is -2.26. The Balaban J connectivity index is 1.57. The molecule has 0 spiro atoms. The second-order valence-electron chi connectivity index (χ2n) is 5.22. The summed E-state index contributed by atoms with van der Waals surface area (Å²) in [5, 5.41) is 21.3. The summed E-state index contributed by atoms with van der Waals surface area (Å²) in [7, 11) is 0. The first kappa shape index (κ1) is 12.3. The molecule has 1 fully saturated rings. The third-order valence-electron chi connectivity index (χ3n) is 3.63. The molecule has 1 aromatic heterocycles. The van der Waals surface area contributed by atoms with Gasteiger partial charge in [-0.15, -0.1) is 0 Å². The molecule has 0 unspecified atom stereocenters. The van der Waals surface area contributed by atoms with Gasteiger partial charge in [-0.3, -0.25) is 0 Å². The number of aliphatic hydroxyl groups is 1. The zero-order valence-corrected chi connectivity index (χ0v) is 10.8. The molecule has 1 saturated carbocycles. The summed E-state index contributed by atoms with van der Waals surface area (Å²) in [5.74, 6) is 0. The van der Waals surface area contributed by atoms with Crippen molar-refractivity contribution in [3.8, 4) is 5.69 Å². The van der Waals surface area contributed by atoms with E-state index >= 15 is 0 Å². The van der Waals surface area contributed by atoms with Gasteiger partial charge in [0.2, 0.25) is 0 Å². The van der Waals surface area contributed by atoms with Crippen LogP contribution in [-0.2, 0) is 6.54 Å². The summed E-state index contributed by atoms with van der Waals surface area (Å²) in [6.07, 6.45) is 4.01. The number of nitrogens with zero attached hydrogens (tertiary/aromatic N) is 3. The predicted molar refractivity (Wildman–Crippen MR) is 71.8 cm³/mol. The Bertz CT molecular complexity index is 533. The van der Waals surface area contributed by atoms with Gasteiger partial charge < -0.3 is 10.4 Å². The molecule has 2 aromatic rings. The van der Waals surface area contributed by atoms with E-state index in [1.807, 2.05) is 30.3 Å². The molecular weight excluding hydrogens is 240 g/mol. The SMILES string of the molecule is OCC1(CNCc2cnn(-c3ccccc3)n2)CC1. The summed E-state index contributed by atoms with van der Waals surface area (Å²) < 4.78 is 0. The first-order valence-corrected chi connectivity index (χ1v) is 6.60. The molecule has 5 nitrogen and oxygen atoms in total. The molecule has 0 aliphatic heterocycles. The molecular formula is C14H18N4O. The molecule has 0 saturated heterocycles. The summed E-state index contributed by atoms with van der Waals surface area (Å²) in [6, 6.07) is 9.85. The number of benzene rings is 1. The van der Waals surface area contributed by atoms with E-state index < -0.39 is 0 Å². The van der Waals surface area contributed by atoms with Gasteiger partial charge in [0.15, 0.2) is 0 Å². The van der Waals surface area contributed by atoms with Crippen LogP contribution < -0.4 is 5.32 Å². The number of aliphatic hydroxyl groups excluding tert-OH is 1. The van der Waals surface area contributed by atoms with Crippen LogP contribution in [0.4, 0.5) is 0 Å². The minimum Gasteiger partial charge on any atom is -0.396 e. The molecule has 0 bridgehead atoms. The van der Waals surface area contributed by atoms with E-state index in [1.165, 1.54) is 0 Å². The number of aromatic nitrogens is 3. The van der Waals surface area contributed by atoms with Crippen LogP contribution in [0, 0.1) is 5.41 Å². The van der Waals surface area contributed by atoms with Crippen molar-refractivity contribution in [3.63, 3.8) is 0 Å². The average molecular weight is 258 g/mol. The van der Waals surface area contributed by atoms with Gasteiger partial charge in [0.05, 0.1) is 17.6 Å². The molecule has 5 heteroatoms. The molecule has 0 atom stereocenters. The molecule has 0 radical (unpaired) electrons. The Labute approximate surface area is 112 Å². The number of nitrogens with one attached hydrogen (secondary N) is 1. The van der Waals surface area contributed by atoms with Gasteiger partial charge in [0, 0.05) is 25.1 Å². The summed E-state index contributed by atoms with van der Waals surface area (Å²) >= 11 is 0. The molecule has 1 aliphatic rings. The van der Waals surface area contributed by atoms with E-state index in [9.17, 15) is 5.11 Å². The molecule has 2 N–H and O–H groups in total. The third-order valence-corrected chi connectivity index (χ3v) is 3.63. The normalized spacial score (nSPS) is 16.5. The highest BCUT2D eigenvalue weighted by atomic mass is 16.3. The van der Waals surface area contributed by atoms with E-state index in [0.717, 1.165) is 30.8 Å². The molecule has 3 rings (SSSR count). The van der Waals surface area contributed by atoms with Crippen molar-refractivity contribution >= 4 is 0 Å². The summed E-state index contributed by atoms with van der Waals surface area (Å²) in [4.78, 5) is 1.63. The van der Waals surface area contributed by atoms with Gasteiger partial charge in [0.1, 0.15) is 0 Å². The van der Waals surface area contributed by atoms with Crippen LogP contribution in [0.25, 0.3) is 5.69 Å². The van der Waals surface area contributed by atoms with Crippen LogP contribution in [0.5, 0.6) is 0 Å². The van der Waals surface area contributed by atoms with Crippen molar-refractivity contribution in [1.29, 1.82) is 0 Å². The highest BCUT2D eigenvalue weighted by Crippen LogP contribution is 2.44. The standard InChI is InChI=1S/C14H18N4O/c19-11-14(6-7-14)10-15-8-12-9-16-18(17-12)13-4-2-1-3-5-13/h1-5,9,15,19H,6-8,10-11H2. The highest BCUT2D eigenvalue weighted by molar-refractivity contribution is 5.28. The predicted octanol–water partition coefficient (Wildman–Crippen LogP) is 1.13. The van der Waals surface area contributed by atoms with Gasteiger partial charge in [-0.2, -0.15) is 15.0 Å². The van der Waals surface area contributed by atoms with Gasteiger partial charge in [0.25, 0.3) is 0 Å². The second-order valence-corrected chi connectivity index (χ2v) is 5.22. The quantitative estimate of drug-likeness (QED) is 0.815. The van der Waals surface area contributed by atoms with Crippen molar-refractivity contribution in [2.75, 3.05) is 13.2 Å². The lowest BCUT2D eigenvalue weighted by atomic mass is 10.1. The lowest BCUT2D eigenvalue weighted by Gasteiger charge is -2.11. The summed E-state index contributed by atoms with van der Waals surface area (Å²) in [6.45, 7) is 1.81. The first-order valence-electron chi connectivity index (χ1n) is 6.60. The van der Waals surface area contributed by atoms with Crippen LogP contribution >= 0.6 is 0 Å². The molecule has 1 aromatic carbocycles. The van der Waals surface area contributed by atoms with Gasteiger partial charge in [-0.25, -0.2) is 0 Å². The fourth-order valence-electron chi connectivity index (χ4n) is 2.08. The topological polar surface area (TPSA) is 63.0 Å². The number of hydrogen-bond donors (Lipinski definition) is 2. The van der Waals surface area contributed by atoms with Crippen molar-refractivity contribution in [2.45, 2.75) is 19.4 Å². The Morgan fingerprint density at radius 3 is 2.74 bits per heavy atom. The van der Waals surface area contributed by atoms with Gasteiger partial charge in [-0.1, -0.05) is 18.2 Å². The highest BCUT2D eigenvalue weighted by Gasteiger charge is 2.41. The Hall–Kier alpha value is -1.72. The minimum absolute atomic E-state index is 0.134. The van der Waals surface area contributed by atoms with E-state index in [2.05, 4.69) is 15.5 Å². The minimum atomic E-state index is 0.134. The number of rotatable bonds is 6. The number of hydrogen-bond acceptors (Lipinski definition) is 4. The smallest absolute Gasteiger partial charge is 0.0969 e. The second kappa shape index (κ2) is 5.11. The third kappa shape index (κ3) is 2.83. The summed E-state index contributed by atoms with van der Waals surface area (Å²) in [5.41, 5.74) is 2.01. The zero-order chi connectivity index (χ0) is 13.1. The monoisotopic (exact) mass is 258 g/mol. The Kier molecular flexibility index (Phi) is 3.31. The molecule has 1 heterocycles. The molecule has 100 valence electrons. The van der Waals surface area contributed by atoms with Crippen molar-refractivity contribution in [2.24, 2.45) is 5.41 Å². The zero-order valence-electron chi connectivity index (χ0n) is 10.8.